The van der Waals surface area contributed by atoms with Crippen LogP contribution in [-0.2, 0) is 6.54 Å². The van der Waals surface area contributed by atoms with Crippen LogP contribution in [0.1, 0.15) is 5.56 Å². The zero-order chi connectivity index (χ0) is 16.4. The molecule has 0 unspecified atom stereocenters. The molecule has 5 heteroatoms. The summed E-state index contributed by atoms with van der Waals surface area (Å²) in [5.74, 6) is 0.581. The Balaban J connectivity index is 1.48. The van der Waals surface area contributed by atoms with E-state index in [2.05, 4.69) is 20.3 Å². The van der Waals surface area contributed by atoms with Crippen molar-refractivity contribution in [2.75, 3.05) is 5.32 Å². The number of nitrogens with zero attached hydrogens (tertiary/aromatic N) is 2. The lowest BCUT2D eigenvalue weighted by Gasteiger charge is -2.07. The summed E-state index contributed by atoms with van der Waals surface area (Å²) in [4.78, 5) is 12.0. The van der Waals surface area contributed by atoms with Gasteiger partial charge in [-0.25, -0.2) is 14.4 Å². The topological polar surface area (TPSA) is 53.6 Å². The summed E-state index contributed by atoms with van der Waals surface area (Å²) in [6.07, 6.45) is 1.73. The van der Waals surface area contributed by atoms with E-state index in [9.17, 15) is 4.39 Å². The molecule has 0 aliphatic carbocycles. The molecule has 2 heterocycles. The maximum Gasteiger partial charge on any atom is 0.178 e. The normalized spacial score (nSPS) is 10.9. The average Bonchev–Trinajstić information content (AvgIpc) is 3.06. The van der Waals surface area contributed by atoms with Crippen molar-refractivity contribution in [1.82, 2.24) is 15.0 Å². The highest BCUT2D eigenvalue weighted by Crippen LogP contribution is 2.21. The Morgan fingerprint density at radius 3 is 2.50 bits per heavy atom. The minimum absolute atomic E-state index is 0.219. The zero-order valence-electron chi connectivity index (χ0n) is 12.8. The van der Waals surface area contributed by atoms with Gasteiger partial charge in [-0.2, -0.15) is 0 Å². The maximum atomic E-state index is 12.9. The Hall–Kier alpha value is -3.21. The molecule has 24 heavy (non-hydrogen) atoms. The van der Waals surface area contributed by atoms with Crippen LogP contribution in [0, 0.1) is 5.82 Å². The molecule has 0 saturated heterocycles. The second-order valence-electron chi connectivity index (χ2n) is 5.52. The van der Waals surface area contributed by atoms with Crippen LogP contribution >= 0.6 is 0 Å². The molecule has 0 radical (unpaired) electrons. The Labute approximate surface area is 138 Å². The number of pyridine rings is 1. The molecule has 4 aromatic rings. The fourth-order valence-electron chi connectivity index (χ4n) is 2.53. The molecule has 2 aromatic heterocycles. The van der Waals surface area contributed by atoms with Crippen molar-refractivity contribution >= 4 is 16.9 Å². The highest BCUT2D eigenvalue weighted by molar-refractivity contribution is 5.75. The molecule has 0 amide bonds. The summed E-state index contributed by atoms with van der Waals surface area (Å²) in [5, 5.41) is 3.32. The second-order valence-corrected chi connectivity index (χ2v) is 5.52. The van der Waals surface area contributed by atoms with Gasteiger partial charge in [0.1, 0.15) is 11.6 Å². The van der Waals surface area contributed by atoms with Crippen molar-refractivity contribution in [2.24, 2.45) is 0 Å². The van der Waals surface area contributed by atoms with Crippen molar-refractivity contribution in [3.63, 3.8) is 0 Å². The van der Waals surface area contributed by atoms with Gasteiger partial charge in [0, 0.05) is 24.0 Å². The van der Waals surface area contributed by atoms with Crippen LogP contribution < -0.4 is 5.32 Å². The highest BCUT2D eigenvalue weighted by Gasteiger charge is 2.05. The van der Waals surface area contributed by atoms with E-state index in [1.807, 2.05) is 36.4 Å². The van der Waals surface area contributed by atoms with Gasteiger partial charge in [0.2, 0.25) is 0 Å². The van der Waals surface area contributed by atoms with E-state index in [1.165, 1.54) is 12.1 Å². The molecule has 0 fully saturated rings. The van der Waals surface area contributed by atoms with E-state index in [0.29, 0.717) is 12.2 Å². The Kier molecular flexibility index (Phi) is 3.67. The lowest BCUT2D eigenvalue weighted by molar-refractivity contribution is 0.627. The predicted molar refractivity (Wildman–Crippen MR) is 93.1 cm³/mol. The summed E-state index contributed by atoms with van der Waals surface area (Å²) in [6, 6.07) is 18.3. The first-order valence-corrected chi connectivity index (χ1v) is 7.67. The number of nitrogens with one attached hydrogen (secondary N) is 2. The molecule has 118 valence electrons. The van der Waals surface area contributed by atoms with Crippen LogP contribution in [0.5, 0.6) is 0 Å². The average molecular weight is 318 g/mol. The van der Waals surface area contributed by atoms with E-state index in [-0.39, 0.29) is 5.82 Å². The number of halogens is 1. The third-order valence-electron chi connectivity index (χ3n) is 3.83. The van der Waals surface area contributed by atoms with Crippen molar-refractivity contribution in [2.45, 2.75) is 6.54 Å². The number of benzene rings is 2. The Morgan fingerprint density at radius 1 is 0.958 bits per heavy atom. The van der Waals surface area contributed by atoms with Crippen LogP contribution in [0.2, 0.25) is 0 Å². The van der Waals surface area contributed by atoms with Crippen molar-refractivity contribution in [1.29, 1.82) is 0 Å². The Morgan fingerprint density at radius 2 is 1.75 bits per heavy atom. The van der Waals surface area contributed by atoms with Gasteiger partial charge >= 0.3 is 0 Å². The van der Waals surface area contributed by atoms with Gasteiger partial charge < -0.3 is 10.3 Å². The van der Waals surface area contributed by atoms with Gasteiger partial charge in [-0.3, -0.25) is 0 Å². The standard InChI is InChI=1S/C19H15FN4/c20-15-7-3-13(4-8-15)12-22-16-9-5-14(6-10-16)18-23-17-2-1-11-21-19(17)24-18/h1-11,22H,12H2,(H,21,23,24). The molecule has 4 nitrogen and oxygen atoms in total. The smallest absolute Gasteiger partial charge is 0.178 e. The fourth-order valence-corrected chi connectivity index (χ4v) is 2.53. The zero-order valence-corrected chi connectivity index (χ0v) is 12.8. The van der Waals surface area contributed by atoms with E-state index >= 15 is 0 Å². The SMILES string of the molecule is Fc1ccc(CNc2ccc(-c3nc4ncccc4[nH]3)cc2)cc1. The number of aromatic amines is 1. The number of hydrogen-bond acceptors (Lipinski definition) is 3. The van der Waals surface area contributed by atoms with Crippen LogP contribution in [-0.4, -0.2) is 15.0 Å². The Bertz CT molecular complexity index is 926. The molecular formula is C19H15FN4. The first kappa shape index (κ1) is 14.4. The molecule has 0 bridgehead atoms. The lowest BCUT2D eigenvalue weighted by Crippen LogP contribution is -1.99. The largest absolute Gasteiger partial charge is 0.381 e. The van der Waals surface area contributed by atoms with Crippen molar-refractivity contribution < 1.29 is 4.39 Å². The number of aromatic nitrogens is 3. The van der Waals surface area contributed by atoms with Crippen molar-refractivity contribution in [3.05, 3.63) is 78.2 Å². The van der Waals surface area contributed by atoms with Gasteiger partial charge in [0.05, 0.1) is 5.52 Å². The number of imidazole rings is 1. The van der Waals surface area contributed by atoms with E-state index in [4.69, 9.17) is 0 Å². The summed E-state index contributed by atoms with van der Waals surface area (Å²) < 4.78 is 12.9. The monoisotopic (exact) mass is 318 g/mol. The van der Waals surface area contributed by atoms with Crippen LogP contribution in [0.25, 0.3) is 22.6 Å². The quantitative estimate of drug-likeness (QED) is 0.587. The third kappa shape index (κ3) is 2.96. The van der Waals surface area contributed by atoms with E-state index < -0.39 is 0 Å². The van der Waals surface area contributed by atoms with Crippen molar-refractivity contribution in [3.8, 4) is 11.4 Å². The summed E-state index contributed by atoms with van der Waals surface area (Å²) in [5.41, 5.74) is 4.67. The third-order valence-corrected chi connectivity index (χ3v) is 3.83. The second kappa shape index (κ2) is 6.12. The summed E-state index contributed by atoms with van der Waals surface area (Å²) in [6.45, 7) is 0.647. The maximum absolute atomic E-state index is 12.9. The van der Waals surface area contributed by atoms with Crippen LogP contribution in [0.15, 0.2) is 66.9 Å². The van der Waals surface area contributed by atoms with Gasteiger partial charge in [-0.15, -0.1) is 0 Å². The van der Waals surface area contributed by atoms with Gasteiger partial charge in [0.15, 0.2) is 5.65 Å². The predicted octanol–water partition coefficient (Wildman–Crippen LogP) is 4.38. The molecular weight excluding hydrogens is 303 g/mol. The first-order chi connectivity index (χ1) is 11.8. The number of hydrogen-bond donors (Lipinski definition) is 2. The van der Waals surface area contributed by atoms with Crippen LogP contribution in [0.4, 0.5) is 10.1 Å². The molecule has 0 spiro atoms. The minimum atomic E-state index is -0.219. The fraction of sp³-hybridized carbons (Fsp3) is 0.0526. The molecule has 2 aromatic carbocycles. The highest BCUT2D eigenvalue weighted by atomic mass is 19.1. The van der Waals surface area contributed by atoms with Gasteiger partial charge in [-0.1, -0.05) is 12.1 Å². The van der Waals surface area contributed by atoms with Gasteiger partial charge in [-0.05, 0) is 54.1 Å². The number of fused-ring (bicyclic) bond motifs is 1. The minimum Gasteiger partial charge on any atom is -0.381 e. The molecule has 4 rings (SSSR count). The summed E-state index contributed by atoms with van der Waals surface area (Å²) in [7, 11) is 0. The molecule has 0 atom stereocenters. The van der Waals surface area contributed by atoms with Crippen LogP contribution in [0.3, 0.4) is 0 Å². The van der Waals surface area contributed by atoms with Gasteiger partial charge in [0.25, 0.3) is 0 Å². The molecule has 2 N–H and O–H groups in total. The lowest BCUT2D eigenvalue weighted by atomic mass is 10.2. The summed E-state index contributed by atoms with van der Waals surface area (Å²) >= 11 is 0. The molecule has 0 aliphatic rings. The molecule has 0 saturated carbocycles. The van der Waals surface area contributed by atoms with E-state index in [0.717, 1.165) is 28.2 Å². The van der Waals surface area contributed by atoms with E-state index in [1.54, 1.807) is 18.3 Å². The number of anilines is 1. The first-order valence-electron chi connectivity index (χ1n) is 7.67. The number of H-pyrrole nitrogens is 1. The number of rotatable bonds is 4. The molecule has 0 aliphatic heterocycles.